The summed E-state index contributed by atoms with van der Waals surface area (Å²) >= 11 is 0. The van der Waals surface area contributed by atoms with Gasteiger partial charge < -0.3 is 16.5 Å². The van der Waals surface area contributed by atoms with Crippen LogP contribution in [0.15, 0.2) is 11.1 Å². The standard InChI is InChI=1S/C7H14N6O/c1-2-12-13(3-8)6-5(9)7(14)11-4-10-6/h4,12H,2-3,8-9H2,1H3,(H,10,11,14). The zero-order chi connectivity index (χ0) is 10.6. The Balaban J connectivity index is 3.03. The Morgan fingerprint density at radius 1 is 1.71 bits per heavy atom. The maximum Gasteiger partial charge on any atom is 0.276 e. The first-order chi connectivity index (χ1) is 6.70. The summed E-state index contributed by atoms with van der Waals surface area (Å²) in [6.45, 7) is 2.77. The van der Waals surface area contributed by atoms with Crippen molar-refractivity contribution in [3.8, 4) is 0 Å². The van der Waals surface area contributed by atoms with Crippen molar-refractivity contribution in [2.24, 2.45) is 5.73 Å². The van der Waals surface area contributed by atoms with E-state index in [1.54, 1.807) is 0 Å². The summed E-state index contributed by atoms with van der Waals surface area (Å²) < 4.78 is 0. The van der Waals surface area contributed by atoms with Crippen molar-refractivity contribution >= 4 is 11.5 Å². The molecule has 0 aromatic carbocycles. The van der Waals surface area contributed by atoms with Crippen molar-refractivity contribution in [3.05, 3.63) is 16.7 Å². The van der Waals surface area contributed by atoms with Gasteiger partial charge >= 0.3 is 0 Å². The maximum absolute atomic E-state index is 11.1. The molecule has 6 N–H and O–H groups in total. The summed E-state index contributed by atoms with van der Waals surface area (Å²) in [7, 11) is 0. The van der Waals surface area contributed by atoms with Crippen LogP contribution in [0.5, 0.6) is 0 Å². The smallest absolute Gasteiger partial charge is 0.276 e. The van der Waals surface area contributed by atoms with Crippen LogP contribution in [0.2, 0.25) is 0 Å². The fourth-order valence-corrected chi connectivity index (χ4v) is 1.03. The average molecular weight is 198 g/mol. The van der Waals surface area contributed by atoms with Gasteiger partial charge in [-0.2, -0.15) is 0 Å². The quantitative estimate of drug-likeness (QED) is 0.349. The molecule has 0 radical (unpaired) electrons. The molecule has 14 heavy (non-hydrogen) atoms. The normalized spacial score (nSPS) is 10.1. The summed E-state index contributed by atoms with van der Waals surface area (Å²) in [5.41, 5.74) is 13.6. The molecule has 0 bridgehead atoms. The molecule has 0 atom stereocenters. The number of hydrazine groups is 1. The van der Waals surface area contributed by atoms with E-state index < -0.39 is 0 Å². The van der Waals surface area contributed by atoms with E-state index in [1.807, 2.05) is 6.92 Å². The highest BCUT2D eigenvalue weighted by Gasteiger charge is 2.10. The van der Waals surface area contributed by atoms with Crippen molar-refractivity contribution in [1.29, 1.82) is 0 Å². The SMILES string of the molecule is CCNN(CN)c1nc[nH]c(=O)c1N. The highest BCUT2D eigenvalue weighted by molar-refractivity contribution is 5.59. The number of hydrogen-bond donors (Lipinski definition) is 4. The molecule has 0 saturated heterocycles. The van der Waals surface area contributed by atoms with Gasteiger partial charge in [0.15, 0.2) is 5.82 Å². The van der Waals surface area contributed by atoms with Crippen LogP contribution in [-0.4, -0.2) is 23.2 Å². The van der Waals surface area contributed by atoms with Gasteiger partial charge in [0, 0.05) is 6.54 Å². The number of hydrogen-bond acceptors (Lipinski definition) is 6. The first-order valence-corrected chi connectivity index (χ1v) is 4.25. The van der Waals surface area contributed by atoms with Crippen LogP contribution < -0.4 is 27.5 Å². The van der Waals surface area contributed by atoms with Crippen molar-refractivity contribution in [2.75, 3.05) is 24.0 Å². The molecule has 7 nitrogen and oxygen atoms in total. The molecule has 7 heteroatoms. The first-order valence-electron chi connectivity index (χ1n) is 4.25. The zero-order valence-electron chi connectivity index (χ0n) is 7.95. The molecule has 1 rings (SSSR count). The maximum atomic E-state index is 11.1. The van der Waals surface area contributed by atoms with E-state index in [2.05, 4.69) is 15.4 Å². The lowest BCUT2D eigenvalue weighted by atomic mass is 10.4. The zero-order valence-corrected chi connectivity index (χ0v) is 7.95. The van der Waals surface area contributed by atoms with E-state index in [9.17, 15) is 4.79 Å². The summed E-state index contributed by atoms with van der Waals surface area (Å²) in [6.07, 6.45) is 1.29. The Kier molecular flexibility index (Phi) is 3.43. The number of nitrogens with zero attached hydrogens (tertiary/aromatic N) is 2. The first kappa shape index (κ1) is 10.5. The summed E-state index contributed by atoms with van der Waals surface area (Å²) in [5, 5.41) is 1.52. The minimum absolute atomic E-state index is 0.0545. The van der Waals surface area contributed by atoms with Gasteiger partial charge in [-0.1, -0.05) is 6.92 Å². The minimum atomic E-state index is -0.369. The lowest BCUT2D eigenvalue weighted by molar-refractivity contribution is 0.645. The van der Waals surface area contributed by atoms with Crippen molar-refractivity contribution in [3.63, 3.8) is 0 Å². The monoisotopic (exact) mass is 198 g/mol. The largest absolute Gasteiger partial charge is 0.391 e. The Bertz CT molecular complexity index is 348. The Labute approximate surface area is 81.1 Å². The summed E-state index contributed by atoms with van der Waals surface area (Å²) in [5.74, 6) is 0.345. The van der Waals surface area contributed by atoms with Crippen LogP contribution in [0.1, 0.15) is 6.92 Å². The van der Waals surface area contributed by atoms with Gasteiger partial charge in [-0.05, 0) is 0 Å². The molecule has 0 saturated carbocycles. The molecule has 1 aromatic rings. The van der Waals surface area contributed by atoms with Crippen molar-refractivity contribution in [2.45, 2.75) is 6.92 Å². The van der Waals surface area contributed by atoms with Crippen LogP contribution in [0, 0.1) is 0 Å². The molecule has 1 aromatic heterocycles. The molecule has 0 unspecified atom stereocenters. The number of nitrogen functional groups attached to an aromatic ring is 1. The van der Waals surface area contributed by atoms with Gasteiger partial charge in [0.25, 0.3) is 5.56 Å². The lowest BCUT2D eigenvalue weighted by Crippen LogP contribution is -2.43. The van der Waals surface area contributed by atoms with E-state index in [0.717, 1.165) is 0 Å². The second-order valence-corrected chi connectivity index (χ2v) is 2.59. The van der Waals surface area contributed by atoms with Crippen LogP contribution >= 0.6 is 0 Å². The third kappa shape index (κ3) is 2.01. The van der Waals surface area contributed by atoms with E-state index in [1.165, 1.54) is 11.3 Å². The fourth-order valence-electron chi connectivity index (χ4n) is 1.03. The van der Waals surface area contributed by atoms with E-state index in [0.29, 0.717) is 12.4 Å². The molecule has 0 aliphatic heterocycles. The summed E-state index contributed by atoms with van der Waals surface area (Å²) in [6, 6.07) is 0. The number of rotatable bonds is 4. The van der Waals surface area contributed by atoms with E-state index >= 15 is 0 Å². The Hall–Kier alpha value is -1.60. The van der Waals surface area contributed by atoms with Crippen molar-refractivity contribution in [1.82, 2.24) is 15.4 Å². The van der Waals surface area contributed by atoms with Gasteiger partial charge in [0.2, 0.25) is 0 Å². The van der Waals surface area contributed by atoms with Gasteiger partial charge in [0.05, 0.1) is 13.0 Å². The molecule has 1 heterocycles. The average Bonchev–Trinajstić information content (AvgIpc) is 2.19. The molecule has 0 aliphatic rings. The van der Waals surface area contributed by atoms with Gasteiger partial charge in [-0.15, -0.1) is 0 Å². The number of nitrogens with one attached hydrogen (secondary N) is 2. The van der Waals surface area contributed by atoms with E-state index in [-0.39, 0.29) is 17.9 Å². The lowest BCUT2D eigenvalue weighted by Gasteiger charge is -2.22. The third-order valence-corrected chi connectivity index (χ3v) is 1.66. The highest BCUT2D eigenvalue weighted by atomic mass is 16.1. The van der Waals surface area contributed by atoms with E-state index in [4.69, 9.17) is 11.5 Å². The predicted molar refractivity (Wildman–Crippen MR) is 54.5 cm³/mol. The molecular formula is C7H14N6O. The molecule has 0 spiro atoms. The number of aromatic nitrogens is 2. The minimum Gasteiger partial charge on any atom is -0.391 e. The predicted octanol–water partition coefficient (Wildman–Crippen LogP) is -1.40. The number of nitrogens with two attached hydrogens (primary N) is 2. The molecule has 0 fully saturated rings. The molecule has 78 valence electrons. The van der Waals surface area contributed by atoms with Gasteiger partial charge in [0.1, 0.15) is 5.69 Å². The molecule has 0 aliphatic carbocycles. The third-order valence-electron chi connectivity index (χ3n) is 1.66. The Morgan fingerprint density at radius 2 is 2.43 bits per heavy atom. The Morgan fingerprint density at radius 3 is 3.00 bits per heavy atom. The topological polar surface area (TPSA) is 113 Å². The summed E-state index contributed by atoms with van der Waals surface area (Å²) in [4.78, 5) is 17.5. The second kappa shape index (κ2) is 4.58. The second-order valence-electron chi connectivity index (χ2n) is 2.59. The highest BCUT2D eigenvalue weighted by Crippen LogP contribution is 2.10. The van der Waals surface area contributed by atoms with Gasteiger partial charge in [-0.3, -0.25) is 9.80 Å². The van der Waals surface area contributed by atoms with Crippen LogP contribution in [0.25, 0.3) is 0 Å². The number of aromatic amines is 1. The van der Waals surface area contributed by atoms with Crippen molar-refractivity contribution < 1.29 is 0 Å². The van der Waals surface area contributed by atoms with Gasteiger partial charge in [-0.25, -0.2) is 10.4 Å². The molecular weight excluding hydrogens is 184 g/mol. The number of anilines is 2. The fraction of sp³-hybridized carbons (Fsp3) is 0.429. The van der Waals surface area contributed by atoms with Crippen LogP contribution in [0.4, 0.5) is 11.5 Å². The molecule has 0 amide bonds. The van der Waals surface area contributed by atoms with Crippen LogP contribution in [0.3, 0.4) is 0 Å². The number of H-pyrrole nitrogens is 1. The van der Waals surface area contributed by atoms with Crippen LogP contribution in [-0.2, 0) is 0 Å².